The number of alkyl halides is 1. The molecule has 0 spiro atoms. The lowest BCUT2D eigenvalue weighted by Crippen LogP contribution is -2.12. The third-order valence-electron chi connectivity index (χ3n) is 2.85. The van der Waals surface area contributed by atoms with Crippen molar-refractivity contribution < 1.29 is 9.53 Å². The zero-order valence-electron chi connectivity index (χ0n) is 12.1. The van der Waals surface area contributed by atoms with E-state index in [9.17, 15) is 4.79 Å². The molecule has 0 aromatic heterocycles. The summed E-state index contributed by atoms with van der Waals surface area (Å²) < 4.78 is 5.56. The third-order valence-corrected chi connectivity index (χ3v) is 3.16. The van der Waals surface area contributed by atoms with Crippen LogP contribution in [0.15, 0.2) is 48.5 Å². The fourth-order valence-corrected chi connectivity index (χ4v) is 2.02. The molecule has 0 atom stereocenters. The van der Waals surface area contributed by atoms with E-state index in [1.165, 1.54) is 0 Å². The fourth-order valence-electron chi connectivity index (χ4n) is 1.84. The quantitative estimate of drug-likeness (QED) is 0.828. The normalized spacial score (nSPS) is 10.5. The summed E-state index contributed by atoms with van der Waals surface area (Å²) in [7, 11) is 0. The minimum atomic E-state index is -0.145. The Bertz CT molecular complexity index is 591. The minimum absolute atomic E-state index is 0.130. The van der Waals surface area contributed by atoms with Crippen LogP contribution in [-0.2, 0) is 5.88 Å². The zero-order valence-corrected chi connectivity index (χ0v) is 12.9. The lowest BCUT2D eigenvalue weighted by Gasteiger charge is -2.10. The maximum atomic E-state index is 12.1. The molecule has 2 aromatic carbocycles. The highest BCUT2D eigenvalue weighted by molar-refractivity contribution is 6.17. The number of hydrogen-bond acceptors (Lipinski definition) is 2. The van der Waals surface area contributed by atoms with Gasteiger partial charge < -0.3 is 10.1 Å². The molecule has 2 rings (SSSR count). The topological polar surface area (TPSA) is 38.3 Å². The van der Waals surface area contributed by atoms with Gasteiger partial charge in [-0.1, -0.05) is 12.1 Å². The maximum absolute atomic E-state index is 12.1. The van der Waals surface area contributed by atoms with Gasteiger partial charge in [-0.25, -0.2) is 0 Å². The van der Waals surface area contributed by atoms with Crippen molar-refractivity contribution in [2.75, 3.05) is 5.32 Å². The lowest BCUT2D eigenvalue weighted by molar-refractivity contribution is 0.102. The summed E-state index contributed by atoms with van der Waals surface area (Å²) in [6.45, 7) is 3.94. The molecular weight excluding hydrogens is 286 g/mol. The molecule has 0 fully saturated rings. The van der Waals surface area contributed by atoms with E-state index in [1.54, 1.807) is 12.1 Å². The highest BCUT2D eigenvalue weighted by atomic mass is 35.5. The summed E-state index contributed by atoms with van der Waals surface area (Å²) in [5.74, 6) is 1.09. The second kappa shape index (κ2) is 7.14. The molecule has 0 aliphatic heterocycles. The van der Waals surface area contributed by atoms with Crippen LogP contribution in [0.1, 0.15) is 29.8 Å². The number of nitrogens with one attached hydrogen (secondary N) is 1. The molecule has 0 bridgehead atoms. The summed E-state index contributed by atoms with van der Waals surface area (Å²) in [6, 6.07) is 14.6. The molecule has 1 N–H and O–H groups in total. The van der Waals surface area contributed by atoms with E-state index in [0.717, 1.165) is 17.0 Å². The van der Waals surface area contributed by atoms with E-state index >= 15 is 0 Å². The molecular formula is C17H18ClNO2. The van der Waals surface area contributed by atoms with Gasteiger partial charge in [-0.05, 0) is 55.8 Å². The monoisotopic (exact) mass is 303 g/mol. The lowest BCUT2D eigenvalue weighted by atomic mass is 10.1. The summed E-state index contributed by atoms with van der Waals surface area (Å²) in [4.78, 5) is 12.1. The van der Waals surface area contributed by atoms with Crippen molar-refractivity contribution >= 4 is 23.2 Å². The van der Waals surface area contributed by atoms with Crippen LogP contribution in [-0.4, -0.2) is 12.0 Å². The highest BCUT2D eigenvalue weighted by Crippen LogP contribution is 2.18. The molecule has 2 aromatic rings. The number of carbonyl (C=O) groups is 1. The van der Waals surface area contributed by atoms with Gasteiger partial charge in [-0.2, -0.15) is 0 Å². The first-order chi connectivity index (χ1) is 10.1. The Morgan fingerprint density at radius 2 is 1.71 bits per heavy atom. The van der Waals surface area contributed by atoms with Crippen LogP contribution in [0.5, 0.6) is 5.75 Å². The Kier molecular flexibility index (Phi) is 5.23. The third kappa shape index (κ3) is 4.50. The van der Waals surface area contributed by atoms with Crippen LogP contribution < -0.4 is 10.1 Å². The number of rotatable bonds is 5. The molecule has 0 aliphatic carbocycles. The SMILES string of the molecule is CC(C)Oc1ccc(NC(=O)c2ccc(CCl)cc2)cc1. The number of halogens is 1. The van der Waals surface area contributed by atoms with E-state index in [0.29, 0.717) is 11.4 Å². The fraction of sp³-hybridized carbons (Fsp3) is 0.235. The van der Waals surface area contributed by atoms with Crippen molar-refractivity contribution in [3.8, 4) is 5.75 Å². The minimum Gasteiger partial charge on any atom is -0.491 e. The summed E-state index contributed by atoms with van der Waals surface area (Å²) in [5.41, 5.74) is 2.33. The van der Waals surface area contributed by atoms with Gasteiger partial charge in [-0.3, -0.25) is 4.79 Å². The molecule has 0 aliphatic rings. The maximum Gasteiger partial charge on any atom is 0.255 e. The predicted molar refractivity (Wildman–Crippen MR) is 86.2 cm³/mol. The smallest absolute Gasteiger partial charge is 0.255 e. The van der Waals surface area contributed by atoms with Crippen molar-refractivity contribution in [3.05, 3.63) is 59.7 Å². The van der Waals surface area contributed by atoms with Crippen molar-refractivity contribution in [2.45, 2.75) is 25.8 Å². The van der Waals surface area contributed by atoms with E-state index in [4.69, 9.17) is 16.3 Å². The van der Waals surface area contributed by atoms with Crippen LogP contribution in [0.25, 0.3) is 0 Å². The summed E-state index contributed by atoms with van der Waals surface area (Å²) in [5, 5.41) is 2.85. The summed E-state index contributed by atoms with van der Waals surface area (Å²) in [6.07, 6.45) is 0.130. The van der Waals surface area contributed by atoms with Crippen LogP contribution in [0.2, 0.25) is 0 Å². The molecule has 21 heavy (non-hydrogen) atoms. The Balaban J connectivity index is 2.01. The Morgan fingerprint density at radius 1 is 1.10 bits per heavy atom. The van der Waals surface area contributed by atoms with E-state index < -0.39 is 0 Å². The van der Waals surface area contributed by atoms with Gasteiger partial charge >= 0.3 is 0 Å². The average Bonchev–Trinajstić information content (AvgIpc) is 2.49. The van der Waals surface area contributed by atoms with Gasteiger partial charge in [0.05, 0.1) is 6.10 Å². The van der Waals surface area contributed by atoms with Gasteiger partial charge in [0.1, 0.15) is 5.75 Å². The predicted octanol–water partition coefficient (Wildman–Crippen LogP) is 4.46. The first-order valence-electron chi connectivity index (χ1n) is 6.81. The van der Waals surface area contributed by atoms with Gasteiger partial charge in [0.15, 0.2) is 0 Å². The number of carbonyl (C=O) groups excluding carboxylic acids is 1. The van der Waals surface area contributed by atoms with Gasteiger partial charge in [-0.15, -0.1) is 11.6 Å². The Labute approximate surface area is 129 Å². The van der Waals surface area contributed by atoms with Gasteiger partial charge in [0.2, 0.25) is 0 Å². The van der Waals surface area contributed by atoms with E-state index in [-0.39, 0.29) is 12.0 Å². The van der Waals surface area contributed by atoms with Crippen LogP contribution >= 0.6 is 11.6 Å². The summed E-state index contributed by atoms with van der Waals surface area (Å²) >= 11 is 5.73. The van der Waals surface area contributed by atoms with Gasteiger partial charge in [0, 0.05) is 17.1 Å². The molecule has 0 heterocycles. The molecule has 1 amide bonds. The molecule has 110 valence electrons. The Morgan fingerprint density at radius 3 is 2.24 bits per heavy atom. The largest absolute Gasteiger partial charge is 0.491 e. The number of ether oxygens (including phenoxy) is 1. The van der Waals surface area contributed by atoms with Crippen molar-refractivity contribution in [1.82, 2.24) is 0 Å². The van der Waals surface area contributed by atoms with Crippen LogP contribution in [0.3, 0.4) is 0 Å². The average molecular weight is 304 g/mol. The second-order valence-electron chi connectivity index (χ2n) is 4.98. The number of hydrogen-bond donors (Lipinski definition) is 1. The molecule has 4 heteroatoms. The first kappa shape index (κ1) is 15.4. The first-order valence-corrected chi connectivity index (χ1v) is 7.35. The van der Waals surface area contributed by atoms with Crippen molar-refractivity contribution in [3.63, 3.8) is 0 Å². The molecule has 0 saturated heterocycles. The van der Waals surface area contributed by atoms with Gasteiger partial charge in [0.25, 0.3) is 5.91 Å². The molecule has 3 nitrogen and oxygen atoms in total. The zero-order chi connectivity index (χ0) is 15.2. The molecule has 0 saturated carbocycles. The number of anilines is 1. The molecule has 0 radical (unpaired) electrons. The van der Waals surface area contributed by atoms with Crippen molar-refractivity contribution in [1.29, 1.82) is 0 Å². The standard InChI is InChI=1S/C17H18ClNO2/c1-12(2)21-16-9-7-15(8-10-16)19-17(20)14-5-3-13(11-18)4-6-14/h3-10,12H,11H2,1-2H3,(H,19,20). The number of benzene rings is 2. The van der Waals surface area contributed by atoms with Crippen LogP contribution in [0.4, 0.5) is 5.69 Å². The van der Waals surface area contributed by atoms with E-state index in [1.807, 2.05) is 50.2 Å². The number of amides is 1. The Hall–Kier alpha value is -2.00. The highest BCUT2D eigenvalue weighted by Gasteiger charge is 2.06. The van der Waals surface area contributed by atoms with Crippen LogP contribution in [0, 0.1) is 0 Å². The second-order valence-corrected chi connectivity index (χ2v) is 5.24. The van der Waals surface area contributed by atoms with E-state index in [2.05, 4.69) is 5.32 Å². The molecule has 0 unspecified atom stereocenters. The van der Waals surface area contributed by atoms with Crippen molar-refractivity contribution in [2.24, 2.45) is 0 Å².